The molecule has 0 spiro atoms. The molecule has 2 heterocycles. The molecule has 2 N–H and O–H groups in total. The van der Waals surface area contributed by atoms with Crippen molar-refractivity contribution in [2.75, 3.05) is 25.5 Å². The molecule has 2 aliphatic rings. The Labute approximate surface area is 113 Å². The van der Waals surface area contributed by atoms with Gasteiger partial charge in [-0.15, -0.1) is 11.8 Å². The highest BCUT2D eigenvalue weighted by Crippen LogP contribution is 2.41. The van der Waals surface area contributed by atoms with Crippen LogP contribution in [0.5, 0.6) is 0 Å². The first-order valence-electron chi connectivity index (χ1n) is 6.80. The molecule has 0 amide bonds. The number of hydrogen-bond donors (Lipinski definition) is 1. The molecule has 1 unspecified atom stereocenters. The maximum absolute atomic E-state index is 5.88. The molecule has 98 valence electrons. The molecule has 0 aliphatic carbocycles. The van der Waals surface area contributed by atoms with Crippen LogP contribution in [0.1, 0.15) is 24.5 Å². The van der Waals surface area contributed by atoms with Gasteiger partial charge in [-0.1, -0.05) is 19.1 Å². The van der Waals surface area contributed by atoms with E-state index >= 15 is 0 Å². The quantitative estimate of drug-likeness (QED) is 0.910. The highest BCUT2D eigenvalue weighted by molar-refractivity contribution is 7.99. The molecule has 2 nitrogen and oxygen atoms in total. The average molecular weight is 263 g/mol. The SMILES string of the molecule is CC(CN)C1(c2ccc3c(c2)CCCS3)COC1. The van der Waals surface area contributed by atoms with Crippen molar-refractivity contribution in [3.63, 3.8) is 0 Å². The minimum absolute atomic E-state index is 0.173. The molecule has 0 radical (unpaired) electrons. The summed E-state index contributed by atoms with van der Waals surface area (Å²) in [5.41, 5.74) is 9.02. The number of rotatable bonds is 3. The predicted molar refractivity (Wildman–Crippen MR) is 76.2 cm³/mol. The Bertz CT molecular complexity index is 442. The number of nitrogens with two attached hydrogens (primary N) is 1. The summed E-state index contributed by atoms with van der Waals surface area (Å²) in [5.74, 6) is 1.75. The van der Waals surface area contributed by atoms with Gasteiger partial charge in [0.05, 0.1) is 13.2 Å². The lowest BCUT2D eigenvalue weighted by atomic mass is 9.69. The van der Waals surface area contributed by atoms with Gasteiger partial charge < -0.3 is 10.5 Å². The van der Waals surface area contributed by atoms with Crippen molar-refractivity contribution < 1.29 is 4.74 Å². The van der Waals surface area contributed by atoms with E-state index in [1.165, 1.54) is 34.6 Å². The van der Waals surface area contributed by atoms with Crippen molar-refractivity contribution >= 4 is 11.8 Å². The molecule has 1 aromatic rings. The van der Waals surface area contributed by atoms with Gasteiger partial charge in [0.15, 0.2) is 0 Å². The molecule has 1 saturated heterocycles. The molecular formula is C15H21NOS. The van der Waals surface area contributed by atoms with E-state index in [9.17, 15) is 0 Å². The van der Waals surface area contributed by atoms with Crippen LogP contribution in [-0.4, -0.2) is 25.5 Å². The fourth-order valence-corrected chi connectivity index (χ4v) is 3.97. The summed E-state index contributed by atoms with van der Waals surface area (Å²) in [5, 5.41) is 0. The molecular weight excluding hydrogens is 242 g/mol. The third-order valence-electron chi connectivity index (χ3n) is 4.50. The van der Waals surface area contributed by atoms with Gasteiger partial charge in [0.25, 0.3) is 0 Å². The van der Waals surface area contributed by atoms with Gasteiger partial charge in [-0.3, -0.25) is 0 Å². The number of ether oxygens (including phenoxy) is 1. The third kappa shape index (κ3) is 1.89. The van der Waals surface area contributed by atoms with Crippen LogP contribution in [-0.2, 0) is 16.6 Å². The topological polar surface area (TPSA) is 35.2 Å². The second-order valence-corrected chi connectivity index (χ2v) is 6.70. The van der Waals surface area contributed by atoms with Crippen molar-refractivity contribution in [2.45, 2.75) is 30.1 Å². The van der Waals surface area contributed by atoms with Gasteiger partial charge in [0, 0.05) is 10.3 Å². The molecule has 3 heteroatoms. The predicted octanol–water partition coefficient (Wildman–Crippen LogP) is 2.59. The number of benzene rings is 1. The molecule has 1 fully saturated rings. The smallest absolute Gasteiger partial charge is 0.0588 e. The van der Waals surface area contributed by atoms with Crippen molar-refractivity contribution in [3.8, 4) is 0 Å². The number of fused-ring (bicyclic) bond motifs is 1. The molecule has 0 aromatic heterocycles. The van der Waals surface area contributed by atoms with Crippen molar-refractivity contribution in [1.82, 2.24) is 0 Å². The van der Waals surface area contributed by atoms with E-state index in [2.05, 4.69) is 25.1 Å². The average Bonchev–Trinajstić information content (AvgIpc) is 2.37. The van der Waals surface area contributed by atoms with Gasteiger partial charge in [0.1, 0.15) is 0 Å². The molecule has 3 rings (SSSR count). The fourth-order valence-electron chi connectivity index (χ4n) is 2.95. The Hall–Kier alpha value is -0.510. The normalized spacial score (nSPS) is 23.0. The van der Waals surface area contributed by atoms with Gasteiger partial charge in [0.2, 0.25) is 0 Å². The zero-order valence-corrected chi connectivity index (χ0v) is 11.8. The first kappa shape index (κ1) is 12.5. The first-order chi connectivity index (χ1) is 8.76. The minimum atomic E-state index is 0.173. The Kier molecular flexibility index (Phi) is 3.39. The summed E-state index contributed by atoms with van der Waals surface area (Å²) < 4.78 is 5.50. The van der Waals surface area contributed by atoms with E-state index in [1.54, 1.807) is 0 Å². The zero-order chi connectivity index (χ0) is 12.6. The summed E-state index contributed by atoms with van der Waals surface area (Å²) in [6, 6.07) is 7.01. The third-order valence-corrected chi connectivity index (χ3v) is 5.70. The summed E-state index contributed by atoms with van der Waals surface area (Å²) in [4.78, 5) is 1.47. The van der Waals surface area contributed by atoms with Crippen molar-refractivity contribution in [3.05, 3.63) is 29.3 Å². The first-order valence-corrected chi connectivity index (χ1v) is 7.79. The highest BCUT2D eigenvalue weighted by Gasteiger charge is 2.44. The van der Waals surface area contributed by atoms with Crippen molar-refractivity contribution in [2.24, 2.45) is 11.7 Å². The maximum Gasteiger partial charge on any atom is 0.0588 e. The van der Waals surface area contributed by atoms with E-state index in [0.29, 0.717) is 5.92 Å². The summed E-state index contributed by atoms with van der Waals surface area (Å²) in [6.45, 7) is 4.64. The number of hydrogen-bond acceptors (Lipinski definition) is 3. The molecule has 1 atom stereocenters. The minimum Gasteiger partial charge on any atom is -0.379 e. The van der Waals surface area contributed by atoms with E-state index < -0.39 is 0 Å². The van der Waals surface area contributed by atoms with Gasteiger partial charge in [-0.05, 0) is 48.3 Å². The van der Waals surface area contributed by atoms with E-state index in [0.717, 1.165) is 19.8 Å². The highest BCUT2D eigenvalue weighted by atomic mass is 32.2. The monoisotopic (exact) mass is 263 g/mol. The van der Waals surface area contributed by atoms with Gasteiger partial charge >= 0.3 is 0 Å². The Morgan fingerprint density at radius 2 is 2.28 bits per heavy atom. The fraction of sp³-hybridized carbons (Fsp3) is 0.600. The van der Waals surface area contributed by atoms with Crippen LogP contribution >= 0.6 is 11.8 Å². The standard InChI is InChI=1S/C15H21NOS/c1-11(8-16)15(9-17-10-15)13-4-5-14-12(7-13)3-2-6-18-14/h4-5,7,11H,2-3,6,8-10,16H2,1H3. The van der Waals surface area contributed by atoms with E-state index in [-0.39, 0.29) is 5.41 Å². The Morgan fingerprint density at radius 3 is 2.94 bits per heavy atom. The zero-order valence-electron chi connectivity index (χ0n) is 10.9. The lowest BCUT2D eigenvalue weighted by Gasteiger charge is -2.46. The van der Waals surface area contributed by atoms with Crippen LogP contribution in [0.4, 0.5) is 0 Å². The lowest BCUT2D eigenvalue weighted by molar-refractivity contribution is -0.0854. The summed E-state index contributed by atoms with van der Waals surface area (Å²) >= 11 is 1.99. The lowest BCUT2D eigenvalue weighted by Crippen LogP contribution is -2.53. The second kappa shape index (κ2) is 4.87. The maximum atomic E-state index is 5.88. The summed E-state index contributed by atoms with van der Waals surface area (Å²) in [6.07, 6.45) is 2.53. The van der Waals surface area contributed by atoms with Crippen molar-refractivity contribution in [1.29, 1.82) is 0 Å². The molecule has 1 aromatic carbocycles. The van der Waals surface area contributed by atoms with Crippen LogP contribution in [0.15, 0.2) is 23.1 Å². The Balaban J connectivity index is 1.96. The molecule has 0 bridgehead atoms. The van der Waals surface area contributed by atoms with Crippen LogP contribution in [0, 0.1) is 5.92 Å². The largest absolute Gasteiger partial charge is 0.379 e. The Morgan fingerprint density at radius 1 is 1.44 bits per heavy atom. The second-order valence-electron chi connectivity index (χ2n) is 5.56. The van der Waals surface area contributed by atoms with E-state index in [4.69, 9.17) is 10.5 Å². The van der Waals surface area contributed by atoms with Gasteiger partial charge in [-0.25, -0.2) is 0 Å². The molecule has 0 saturated carbocycles. The van der Waals surface area contributed by atoms with Crippen LogP contribution in [0.3, 0.4) is 0 Å². The van der Waals surface area contributed by atoms with E-state index in [1.807, 2.05) is 11.8 Å². The number of aryl methyl sites for hydroxylation is 1. The van der Waals surface area contributed by atoms with Crippen LogP contribution < -0.4 is 5.73 Å². The molecule has 18 heavy (non-hydrogen) atoms. The van der Waals surface area contributed by atoms with Crippen LogP contribution in [0.2, 0.25) is 0 Å². The summed E-state index contributed by atoms with van der Waals surface area (Å²) in [7, 11) is 0. The van der Waals surface area contributed by atoms with Gasteiger partial charge in [-0.2, -0.15) is 0 Å². The number of thioether (sulfide) groups is 1. The molecule has 2 aliphatic heterocycles. The van der Waals surface area contributed by atoms with Crippen LogP contribution in [0.25, 0.3) is 0 Å².